The Morgan fingerprint density at radius 2 is 2.00 bits per heavy atom. The molecule has 0 amide bonds. The molecule has 1 aromatic rings. The van der Waals surface area contributed by atoms with Gasteiger partial charge in [-0.05, 0) is 30.7 Å². The minimum Gasteiger partial charge on any atom is -0.396 e. The molecule has 5 heteroatoms. The molecule has 26 heavy (non-hydrogen) atoms. The van der Waals surface area contributed by atoms with Crippen LogP contribution in [0.5, 0.6) is 0 Å². The first-order valence-corrected chi connectivity index (χ1v) is 9.85. The smallest absolute Gasteiger partial charge is 0.120 e. The summed E-state index contributed by atoms with van der Waals surface area (Å²) in [6, 6.07) is 8.52. The van der Waals surface area contributed by atoms with Crippen molar-refractivity contribution in [1.82, 2.24) is 10.2 Å². The number of hydrogen-bond donors (Lipinski definition) is 3. The number of benzene rings is 1. The average molecular weight is 359 g/mol. The maximum absolute atomic E-state index is 9.48. The van der Waals surface area contributed by atoms with E-state index in [2.05, 4.69) is 67.2 Å². The molecule has 0 saturated heterocycles. The van der Waals surface area contributed by atoms with Gasteiger partial charge in [0.05, 0.1) is 17.6 Å². The summed E-state index contributed by atoms with van der Waals surface area (Å²) in [5.41, 5.74) is 11.4. The van der Waals surface area contributed by atoms with Gasteiger partial charge in [0, 0.05) is 31.5 Å². The van der Waals surface area contributed by atoms with Crippen molar-refractivity contribution >= 4 is 11.4 Å². The summed E-state index contributed by atoms with van der Waals surface area (Å²) in [4.78, 5) is 4.66. The van der Waals surface area contributed by atoms with Crippen molar-refractivity contribution < 1.29 is 5.11 Å². The fourth-order valence-corrected chi connectivity index (χ4v) is 4.14. The van der Waals surface area contributed by atoms with Crippen molar-refractivity contribution in [3.8, 4) is 0 Å². The normalized spacial score (nSPS) is 22.4. The van der Waals surface area contributed by atoms with Crippen LogP contribution in [0.2, 0.25) is 0 Å². The number of hydrogen-bond acceptors (Lipinski definition) is 5. The zero-order chi connectivity index (χ0) is 18.9. The summed E-state index contributed by atoms with van der Waals surface area (Å²) in [7, 11) is 2.06. The summed E-state index contributed by atoms with van der Waals surface area (Å²) in [5, 5.41) is 13.2. The van der Waals surface area contributed by atoms with Crippen LogP contribution in [-0.4, -0.2) is 42.5 Å². The lowest BCUT2D eigenvalue weighted by atomic mass is 9.88. The number of rotatable bonds is 7. The fourth-order valence-electron chi connectivity index (χ4n) is 4.14. The lowest BCUT2D eigenvalue weighted by molar-refractivity contribution is 0.147. The molecule has 2 aliphatic heterocycles. The SMILES string of the molecule is CCCCC1NC2=C(c3ccccc3N(C)C2N)N1CC(C)(C)CCO. The predicted octanol–water partition coefficient (Wildman–Crippen LogP) is 2.92. The van der Waals surface area contributed by atoms with Crippen LogP contribution >= 0.6 is 0 Å². The molecule has 144 valence electrons. The Hall–Kier alpha value is -1.72. The Labute approximate surface area is 157 Å². The Bertz CT molecular complexity index is 670. The minimum absolute atomic E-state index is 0.0335. The number of nitrogens with two attached hydrogens (primary N) is 1. The minimum atomic E-state index is -0.157. The highest BCUT2D eigenvalue weighted by molar-refractivity contribution is 5.83. The van der Waals surface area contributed by atoms with Crippen LogP contribution in [0.3, 0.4) is 0 Å². The molecule has 0 saturated carbocycles. The molecule has 1 aromatic carbocycles. The second-order valence-electron chi connectivity index (χ2n) is 8.40. The molecule has 0 radical (unpaired) electrons. The third-order valence-corrected chi connectivity index (χ3v) is 5.71. The summed E-state index contributed by atoms with van der Waals surface area (Å²) >= 11 is 0. The third-order valence-electron chi connectivity index (χ3n) is 5.71. The second kappa shape index (κ2) is 7.49. The predicted molar refractivity (Wildman–Crippen MR) is 108 cm³/mol. The van der Waals surface area contributed by atoms with E-state index in [0.717, 1.165) is 25.1 Å². The van der Waals surface area contributed by atoms with Crippen LogP contribution < -0.4 is 16.0 Å². The number of para-hydroxylation sites is 1. The first-order valence-electron chi connectivity index (χ1n) is 9.85. The lowest BCUT2D eigenvalue weighted by Gasteiger charge is -2.39. The van der Waals surface area contributed by atoms with Crippen LogP contribution in [0.15, 0.2) is 30.0 Å². The Morgan fingerprint density at radius 3 is 2.69 bits per heavy atom. The van der Waals surface area contributed by atoms with Crippen molar-refractivity contribution in [2.45, 2.75) is 58.8 Å². The van der Waals surface area contributed by atoms with Gasteiger partial charge in [0.1, 0.15) is 6.17 Å². The van der Waals surface area contributed by atoms with E-state index in [1.165, 1.54) is 29.8 Å². The third kappa shape index (κ3) is 3.42. The highest BCUT2D eigenvalue weighted by Crippen LogP contribution is 2.43. The van der Waals surface area contributed by atoms with Crippen LogP contribution in [0, 0.1) is 5.41 Å². The fraction of sp³-hybridized carbons (Fsp3) is 0.619. The molecule has 0 spiro atoms. The van der Waals surface area contributed by atoms with Crippen LogP contribution in [0.25, 0.3) is 5.70 Å². The largest absolute Gasteiger partial charge is 0.396 e. The van der Waals surface area contributed by atoms with Gasteiger partial charge >= 0.3 is 0 Å². The molecule has 4 N–H and O–H groups in total. The summed E-state index contributed by atoms with van der Waals surface area (Å²) in [5.74, 6) is 0. The van der Waals surface area contributed by atoms with Gasteiger partial charge in [0.2, 0.25) is 0 Å². The Kier molecular flexibility index (Phi) is 5.49. The molecule has 2 atom stereocenters. The van der Waals surface area contributed by atoms with E-state index >= 15 is 0 Å². The average Bonchev–Trinajstić information content (AvgIpc) is 2.95. The van der Waals surface area contributed by atoms with E-state index in [9.17, 15) is 5.11 Å². The summed E-state index contributed by atoms with van der Waals surface area (Å²) in [6.45, 7) is 7.83. The van der Waals surface area contributed by atoms with Gasteiger partial charge in [0.15, 0.2) is 0 Å². The van der Waals surface area contributed by atoms with E-state index in [0.29, 0.717) is 0 Å². The zero-order valence-electron chi connectivity index (χ0n) is 16.6. The number of nitrogens with zero attached hydrogens (tertiary/aromatic N) is 2. The summed E-state index contributed by atoms with van der Waals surface area (Å²) in [6.07, 6.45) is 4.36. The molecule has 0 bridgehead atoms. The highest BCUT2D eigenvalue weighted by atomic mass is 16.3. The van der Waals surface area contributed by atoms with Crippen molar-refractivity contribution in [1.29, 1.82) is 0 Å². The molecule has 5 nitrogen and oxygen atoms in total. The van der Waals surface area contributed by atoms with Crippen LogP contribution in [0.4, 0.5) is 5.69 Å². The van der Waals surface area contributed by atoms with E-state index in [1.807, 2.05) is 0 Å². The van der Waals surface area contributed by atoms with Gasteiger partial charge in [-0.1, -0.05) is 45.4 Å². The highest BCUT2D eigenvalue weighted by Gasteiger charge is 2.41. The van der Waals surface area contributed by atoms with Crippen molar-refractivity contribution in [2.75, 3.05) is 25.1 Å². The molecule has 0 aliphatic carbocycles. The van der Waals surface area contributed by atoms with Gasteiger partial charge in [-0.25, -0.2) is 0 Å². The van der Waals surface area contributed by atoms with Gasteiger partial charge in [-0.2, -0.15) is 0 Å². The topological polar surface area (TPSA) is 64.8 Å². The van der Waals surface area contributed by atoms with E-state index in [1.54, 1.807) is 0 Å². The first kappa shape index (κ1) is 19.1. The molecule has 3 rings (SSSR count). The Balaban J connectivity index is 2.01. The molecule has 2 heterocycles. The summed E-state index contributed by atoms with van der Waals surface area (Å²) < 4.78 is 0. The quantitative estimate of drug-likeness (QED) is 0.699. The van der Waals surface area contributed by atoms with E-state index in [-0.39, 0.29) is 24.4 Å². The van der Waals surface area contributed by atoms with Crippen molar-refractivity contribution in [3.63, 3.8) is 0 Å². The second-order valence-corrected chi connectivity index (χ2v) is 8.40. The number of unbranched alkanes of at least 4 members (excludes halogenated alkanes) is 1. The standard InChI is InChI=1S/C21H34N4O/c1-5-6-11-17-23-18-19(25(17)14-21(2,3)12-13-26)15-9-7-8-10-16(15)24(4)20(18)22/h7-10,17,20,23,26H,5-6,11-14,22H2,1-4H3. The zero-order valence-corrected chi connectivity index (χ0v) is 16.6. The molecular formula is C21H34N4O. The monoisotopic (exact) mass is 358 g/mol. The van der Waals surface area contributed by atoms with Crippen molar-refractivity contribution in [2.24, 2.45) is 11.1 Å². The molecule has 2 unspecified atom stereocenters. The number of aliphatic hydroxyl groups is 1. The Morgan fingerprint density at radius 1 is 1.27 bits per heavy atom. The van der Waals surface area contributed by atoms with Crippen LogP contribution in [-0.2, 0) is 0 Å². The van der Waals surface area contributed by atoms with E-state index < -0.39 is 0 Å². The van der Waals surface area contributed by atoms with Gasteiger partial charge in [-0.3, -0.25) is 0 Å². The number of aliphatic hydroxyl groups excluding tert-OH is 1. The number of anilines is 1. The lowest BCUT2D eigenvalue weighted by Crippen LogP contribution is -2.47. The number of likely N-dealkylation sites (N-methyl/N-ethyl adjacent to an activating group) is 1. The van der Waals surface area contributed by atoms with Crippen molar-refractivity contribution in [3.05, 3.63) is 35.5 Å². The molecule has 2 aliphatic rings. The first-order chi connectivity index (χ1) is 12.4. The number of nitrogens with one attached hydrogen (secondary N) is 1. The van der Waals surface area contributed by atoms with Crippen LogP contribution in [0.1, 0.15) is 52.0 Å². The van der Waals surface area contributed by atoms with Gasteiger partial charge in [0.25, 0.3) is 0 Å². The van der Waals surface area contributed by atoms with Gasteiger partial charge < -0.3 is 26.0 Å². The van der Waals surface area contributed by atoms with Gasteiger partial charge in [-0.15, -0.1) is 0 Å². The maximum Gasteiger partial charge on any atom is 0.120 e. The molecular weight excluding hydrogens is 324 g/mol. The maximum atomic E-state index is 9.48. The molecule has 0 fully saturated rings. The number of fused-ring (bicyclic) bond motifs is 2. The molecule has 0 aromatic heterocycles. The van der Waals surface area contributed by atoms with E-state index in [4.69, 9.17) is 5.73 Å².